The van der Waals surface area contributed by atoms with Crippen LogP contribution in [0.15, 0.2) is 110 Å². The Hall–Kier alpha value is -5.00. The molecule has 0 saturated carbocycles. The maximum absolute atomic E-state index is 11.5. The number of fused-ring (bicyclic) bond motifs is 5. The number of pyridine rings is 1. The first-order valence-electron chi connectivity index (χ1n) is 16.2. The molecule has 0 aliphatic rings. The van der Waals surface area contributed by atoms with Crippen LogP contribution in [0.3, 0.4) is 0 Å². The Balaban J connectivity index is 0.00000378. The van der Waals surface area contributed by atoms with Gasteiger partial charge in [0.2, 0.25) is 5.78 Å². The van der Waals surface area contributed by atoms with Gasteiger partial charge in [-0.2, -0.15) is 0 Å². The minimum Gasteiger partial charge on any atom is -0.511 e. The number of aromatic nitrogens is 6. The summed E-state index contributed by atoms with van der Waals surface area (Å²) in [4.78, 5) is 9.78. The fourth-order valence-corrected chi connectivity index (χ4v) is 6.50. The standard InChI is InChI=1S/C41H37N6O.Pt/c1-40(2,3)28-24-31(41(4,5)6)37(48)36(25-28)45-22-21-44(26-45)33-17-9-7-15-30(33)27-13-11-14-29(23-27)46-38-35(19-12-20-42-38)47-34-18-10-8-16-32(34)43-39(46)47;/h7-22,24-25,48H,1-6H3;/q-1;+2. The van der Waals surface area contributed by atoms with Crippen molar-refractivity contribution in [1.82, 2.24) is 23.5 Å². The molecule has 1 N–H and O–H groups in total. The normalized spacial score (nSPS) is 12.2. The van der Waals surface area contributed by atoms with Crippen molar-refractivity contribution in [3.63, 3.8) is 0 Å². The van der Waals surface area contributed by atoms with Crippen LogP contribution in [0.25, 0.3) is 56.2 Å². The monoisotopic (exact) mass is 824 g/mol. The number of hydrogen-bond acceptors (Lipinski definition) is 3. The van der Waals surface area contributed by atoms with Crippen LogP contribution < -0.4 is 4.57 Å². The van der Waals surface area contributed by atoms with E-state index in [0.29, 0.717) is 5.69 Å². The molecule has 246 valence electrons. The second-order valence-corrected chi connectivity index (χ2v) is 14.4. The van der Waals surface area contributed by atoms with Gasteiger partial charge in [-0.05, 0) is 58.0 Å². The van der Waals surface area contributed by atoms with E-state index in [1.807, 2.05) is 70.2 Å². The molecule has 7 nitrogen and oxygen atoms in total. The number of phenols is 1. The predicted molar refractivity (Wildman–Crippen MR) is 190 cm³/mol. The van der Waals surface area contributed by atoms with Crippen molar-refractivity contribution in [2.75, 3.05) is 0 Å². The van der Waals surface area contributed by atoms with E-state index in [2.05, 4.69) is 111 Å². The second-order valence-electron chi connectivity index (χ2n) is 14.4. The summed E-state index contributed by atoms with van der Waals surface area (Å²) in [6.07, 6.45) is 9.23. The van der Waals surface area contributed by atoms with E-state index in [4.69, 9.17) is 9.97 Å². The number of para-hydroxylation sites is 3. The molecule has 0 unspecified atom stereocenters. The maximum Gasteiger partial charge on any atom is 2.00 e. The molecule has 0 amide bonds. The van der Waals surface area contributed by atoms with Gasteiger partial charge in [0.1, 0.15) is 11.4 Å². The van der Waals surface area contributed by atoms with Crippen molar-refractivity contribution in [3.05, 3.63) is 133 Å². The van der Waals surface area contributed by atoms with Gasteiger partial charge in [0.15, 0.2) is 5.65 Å². The molecule has 0 bridgehead atoms. The number of aromatic hydroxyl groups is 1. The summed E-state index contributed by atoms with van der Waals surface area (Å²) in [6.45, 7) is 13.0. The van der Waals surface area contributed by atoms with Crippen molar-refractivity contribution in [1.29, 1.82) is 0 Å². The molecular weight excluding hydrogens is 788 g/mol. The third-order valence-electron chi connectivity index (χ3n) is 9.04. The summed E-state index contributed by atoms with van der Waals surface area (Å²) in [5, 5.41) is 11.5. The third kappa shape index (κ3) is 5.47. The van der Waals surface area contributed by atoms with E-state index in [1.165, 1.54) is 0 Å². The number of nitrogens with zero attached hydrogens (tertiary/aromatic N) is 6. The minimum atomic E-state index is -0.230. The fraction of sp³-hybridized carbons (Fsp3) is 0.195. The van der Waals surface area contributed by atoms with Crippen LogP contribution in [0.2, 0.25) is 0 Å². The summed E-state index contributed by atoms with van der Waals surface area (Å²) < 4.78 is 8.10. The first-order valence-corrected chi connectivity index (χ1v) is 16.2. The van der Waals surface area contributed by atoms with Gasteiger partial charge >= 0.3 is 21.1 Å². The molecular formula is C41H37N6OPt+. The SMILES string of the molecule is CC(C)(C)c1cc(-n2[c-][n+](-c3ccccc3-c3[c-]c(-n4c5ncccc5n5c6ccccc6nc45)ccc3)cc2)c(O)c(C(C)(C)C)c1.[Pt+2]. The van der Waals surface area contributed by atoms with Crippen LogP contribution in [0, 0.1) is 12.4 Å². The molecule has 0 aliphatic heterocycles. The average molecular weight is 825 g/mol. The van der Waals surface area contributed by atoms with Crippen LogP contribution in [0.4, 0.5) is 0 Å². The van der Waals surface area contributed by atoms with E-state index in [1.54, 1.807) is 0 Å². The van der Waals surface area contributed by atoms with E-state index >= 15 is 0 Å². The van der Waals surface area contributed by atoms with Gasteiger partial charge < -0.3 is 9.67 Å². The second kappa shape index (κ2) is 11.9. The van der Waals surface area contributed by atoms with Gasteiger partial charge in [0.05, 0.1) is 16.6 Å². The smallest absolute Gasteiger partial charge is 0.511 e. The average Bonchev–Trinajstić information content (AvgIpc) is 3.77. The zero-order chi connectivity index (χ0) is 33.4. The quantitative estimate of drug-likeness (QED) is 0.143. The number of benzene rings is 4. The zero-order valence-electron chi connectivity index (χ0n) is 28.3. The van der Waals surface area contributed by atoms with Crippen LogP contribution >= 0.6 is 0 Å². The van der Waals surface area contributed by atoms with Crippen LogP contribution in [0.5, 0.6) is 5.75 Å². The first-order chi connectivity index (χ1) is 23.0. The van der Waals surface area contributed by atoms with E-state index in [-0.39, 0.29) is 37.6 Å². The van der Waals surface area contributed by atoms with Gasteiger partial charge in [-0.3, -0.25) is 13.5 Å². The third-order valence-corrected chi connectivity index (χ3v) is 9.04. The van der Waals surface area contributed by atoms with Crippen molar-refractivity contribution in [2.24, 2.45) is 0 Å². The summed E-state index contributed by atoms with van der Waals surface area (Å²) in [6, 6.07) is 34.5. The molecule has 49 heavy (non-hydrogen) atoms. The Bertz CT molecular complexity index is 2510. The molecule has 0 atom stereocenters. The molecule has 0 spiro atoms. The van der Waals surface area contributed by atoms with Gasteiger partial charge in [-0.1, -0.05) is 89.6 Å². The molecule has 0 aliphatic carbocycles. The largest absolute Gasteiger partial charge is 2.00 e. The Morgan fingerprint density at radius 1 is 0.796 bits per heavy atom. The van der Waals surface area contributed by atoms with Gasteiger partial charge in [0.25, 0.3) is 6.33 Å². The van der Waals surface area contributed by atoms with Crippen LogP contribution in [-0.2, 0) is 31.9 Å². The summed E-state index contributed by atoms with van der Waals surface area (Å²) in [5.74, 6) is 1.06. The molecule has 4 aromatic carbocycles. The van der Waals surface area contributed by atoms with Gasteiger partial charge in [-0.15, -0.1) is 29.8 Å². The Labute approximate surface area is 300 Å². The van der Waals surface area contributed by atoms with Crippen LogP contribution in [0.1, 0.15) is 52.7 Å². The van der Waals surface area contributed by atoms with E-state index in [0.717, 1.165) is 61.6 Å². The Kier molecular flexibility index (Phi) is 7.87. The molecule has 0 fully saturated rings. The van der Waals surface area contributed by atoms with Crippen molar-refractivity contribution in [2.45, 2.75) is 52.4 Å². The van der Waals surface area contributed by atoms with Gasteiger partial charge in [-0.25, -0.2) is 9.97 Å². The Morgan fingerprint density at radius 2 is 1.55 bits per heavy atom. The molecule has 8 rings (SSSR count). The number of rotatable bonds is 4. The first kappa shape index (κ1) is 32.5. The number of imidazole rings is 3. The van der Waals surface area contributed by atoms with Crippen LogP contribution in [-0.4, -0.2) is 28.6 Å². The Morgan fingerprint density at radius 3 is 2.35 bits per heavy atom. The summed E-state index contributed by atoms with van der Waals surface area (Å²) in [7, 11) is 0. The van der Waals surface area contributed by atoms with E-state index < -0.39 is 0 Å². The zero-order valence-corrected chi connectivity index (χ0v) is 30.6. The molecule has 8 aromatic rings. The van der Waals surface area contributed by atoms with Gasteiger partial charge in [0, 0.05) is 24.3 Å². The molecule has 8 heteroatoms. The minimum absolute atomic E-state index is 0. The molecule has 4 aromatic heterocycles. The summed E-state index contributed by atoms with van der Waals surface area (Å²) >= 11 is 0. The number of hydrogen-bond donors (Lipinski definition) is 1. The topological polar surface area (TPSA) is 64.2 Å². The fourth-order valence-electron chi connectivity index (χ4n) is 6.50. The molecule has 4 heterocycles. The maximum atomic E-state index is 11.5. The van der Waals surface area contributed by atoms with Crippen molar-refractivity contribution >= 4 is 28.0 Å². The van der Waals surface area contributed by atoms with Crippen molar-refractivity contribution < 1.29 is 30.7 Å². The molecule has 0 saturated heterocycles. The predicted octanol–water partition coefficient (Wildman–Crippen LogP) is 8.46. The number of phenolic OH excluding ortho intramolecular Hbond substituents is 1. The van der Waals surface area contributed by atoms with E-state index in [9.17, 15) is 5.11 Å². The van der Waals surface area contributed by atoms with Crippen molar-refractivity contribution in [3.8, 4) is 33.9 Å². The molecule has 0 radical (unpaired) electrons. The summed E-state index contributed by atoms with van der Waals surface area (Å²) in [5.41, 5.74) is 9.95.